The molecule has 118 valence electrons. The fourth-order valence-corrected chi connectivity index (χ4v) is 2.69. The number of benzene rings is 1. The summed E-state index contributed by atoms with van der Waals surface area (Å²) in [5.41, 5.74) is 1.88. The molecule has 6 nitrogen and oxygen atoms in total. The summed E-state index contributed by atoms with van der Waals surface area (Å²) < 4.78 is 7.57. The highest BCUT2D eigenvalue weighted by atomic mass is 79.9. The fourth-order valence-electron chi connectivity index (χ4n) is 2.32. The third-order valence-corrected chi connectivity index (χ3v) is 3.82. The SMILES string of the molecule is O=C(OCCCn1c(=O)[nH]c2ccccc21)c1cncc(Br)c1. The maximum Gasteiger partial charge on any atom is 0.339 e. The van der Waals surface area contributed by atoms with Crippen molar-refractivity contribution in [3.8, 4) is 0 Å². The highest BCUT2D eigenvalue weighted by Gasteiger charge is 2.09. The number of aromatic nitrogens is 3. The largest absolute Gasteiger partial charge is 0.462 e. The number of carbonyl (C=O) groups is 1. The Kier molecular flexibility index (Phi) is 4.57. The summed E-state index contributed by atoms with van der Waals surface area (Å²) >= 11 is 3.26. The summed E-state index contributed by atoms with van der Waals surface area (Å²) in [5, 5.41) is 0. The van der Waals surface area contributed by atoms with Crippen molar-refractivity contribution in [1.29, 1.82) is 0 Å². The Bertz CT molecular complexity index is 901. The van der Waals surface area contributed by atoms with E-state index in [4.69, 9.17) is 4.74 Å². The molecule has 1 aromatic carbocycles. The summed E-state index contributed by atoms with van der Waals surface area (Å²) in [6.45, 7) is 0.712. The van der Waals surface area contributed by atoms with Crippen LogP contribution in [0.25, 0.3) is 11.0 Å². The third kappa shape index (κ3) is 3.50. The van der Waals surface area contributed by atoms with E-state index < -0.39 is 5.97 Å². The Morgan fingerprint density at radius 1 is 1.30 bits per heavy atom. The number of aromatic amines is 1. The van der Waals surface area contributed by atoms with Gasteiger partial charge < -0.3 is 9.72 Å². The zero-order valence-electron chi connectivity index (χ0n) is 12.2. The molecular weight excluding hydrogens is 362 g/mol. The van der Waals surface area contributed by atoms with E-state index in [1.807, 2.05) is 24.3 Å². The quantitative estimate of drug-likeness (QED) is 0.549. The minimum absolute atomic E-state index is 0.159. The Morgan fingerprint density at radius 3 is 2.96 bits per heavy atom. The first kappa shape index (κ1) is 15.5. The van der Waals surface area contributed by atoms with E-state index in [0.29, 0.717) is 18.5 Å². The second-order valence-corrected chi connectivity index (χ2v) is 5.90. The van der Waals surface area contributed by atoms with Crippen molar-refractivity contribution in [3.63, 3.8) is 0 Å². The number of H-pyrrole nitrogens is 1. The number of halogens is 1. The maximum absolute atomic E-state index is 11.9. The third-order valence-electron chi connectivity index (χ3n) is 3.38. The number of aryl methyl sites for hydroxylation is 1. The van der Waals surface area contributed by atoms with Gasteiger partial charge in [0, 0.05) is 23.4 Å². The van der Waals surface area contributed by atoms with Gasteiger partial charge in [-0.15, -0.1) is 0 Å². The fraction of sp³-hybridized carbons (Fsp3) is 0.188. The molecule has 0 amide bonds. The molecule has 0 aliphatic carbocycles. The van der Waals surface area contributed by atoms with E-state index in [2.05, 4.69) is 25.9 Å². The molecule has 23 heavy (non-hydrogen) atoms. The normalized spacial score (nSPS) is 10.8. The van der Waals surface area contributed by atoms with E-state index in [1.54, 1.807) is 16.8 Å². The highest BCUT2D eigenvalue weighted by molar-refractivity contribution is 9.10. The number of hydrogen-bond acceptors (Lipinski definition) is 4. The molecule has 3 rings (SSSR count). The van der Waals surface area contributed by atoms with E-state index in [0.717, 1.165) is 15.5 Å². The van der Waals surface area contributed by atoms with E-state index in [1.165, 1.54) is 6.20 Å². The van der Waals surface area contributed by atoms with Gasteiger partial charge in [0.15, 0.2) is 0 Å². The first-order chi connectivity index (χ1) is 11.1. The molecule has 7 heteroatoms. The number of hydrogen-bond donors (Lipinski definition) is 1. The topological polar surface area (TPSA) is 77.0 Å². The van der Waals surface area contributed by atoms with E-state index in [-0.39, 0.29) is 12.3 Å². The summed E-state index contributed by atoms with van der Waals surface area (Å²) in [7, 11) is 0. The second-order valence-electron chi connectivity index (χ2n) is 4.98. The Labute approximate surface area is 140 Å². The lowest BCUT2D eigenvalue weighted by atomic mass is 10.3. The second kappa shape index (κ2) is 6.78. The lowest BCUT2D eigenvalue weighted by molar-refractivity contribution is 0.0495. The Morgan fingerprint density at radius 2 is 2.13 bits per heavy atom. The van der Waals surface area contributed by atoms with Crippen molar-refractivity contribution in [3.05, 3.63) is 63.2 Å². The van der Waals surface area contributed by atoms with Gasteiger partial charge in [0.1, 0.15) is 0 Å². The number of rotatable bonds is 5. The number of imidazole rings is 1. The lowest BCUT2D eigenvalue weighted by Gasteiger charge is -2.06. The summed E-state index contributed by atoms with van der Waals surface area (Å²) in [5.74, 6) is -0.426. The first-order valence-corrected chi connectivity index (χ1v) is 7.89. The molecule has 0 aliphatic heterocycles. The first-order valence-electron chi connectivity index (χ1n) is 7.10. The van der Waals surface area contributed by atoms with Gasteiger partial charge in [-0.1, -0.05) is 12.1 Å². The van der Waals surface area contributed by atoms with Crippen LogP contribution in [0.1, 0.15) is 16.8 Å². The number of pyridine rings is 1. The number of carbonyl (C=O) groups excluding carboxylic acids is 1. The van der Waals surface area contributed by atoms with Gasteiger partial charge in [-0.2, -0.15) is 0 Å². The Balaban J connectivity index is 1.58. The number of nitrogens with one attached hydrogen (secondary N) is 1. The zero-order chi connectivity index (χ0) is 16.2. The molecule has 0 saturated carbocycles. The van der Waals surface area contributed by atoms with Crippen LogP contribution in [0, 0.1) is 0 Å². The number of esters is 1. The number of para-hydroxylation sites is 2. The molecule has 1 N–H and O–H groups in total. The van der Waals surface area contributed by atoms with Crippen LogP contribution in [0.5, 0.6) is 0 Å². The molecule has 0 radical (unpaired) electrons. The molecular formula is C16H14BrN3O3. The smallest absolute Gasteiger partial charge is 0.339 e. The van der Waals surface area contributed by atoms with Gasteiger partial charge in [0.05, 0.1) is 23.2 Å². The highest BCUT2D eigenvalue weighted by Crippen LogP contribution is 2.11. The predicted octanol–water partition coefficient (Wildman–Crippen LogP) is 2.73. The average molecular weight is 376 g/mol. The van der Waals surface area contributed by atoms with Gasteiger partial charge in [-0.3, -0.25) is 9.55 Å². The van der Waals surface area contributed by atoms with Gasteiger partial charge in [0.2, 0.25) is 0 Å². The standard InChI is InChI=1S/C16H14BrN3O3/c17-12-8-11(9-18-10-12)15(21)23-7-3-6-20-14-5-2-1-4-13(14)19-16(20)22/h1-2,4-5,8-10H,3,6-7H2,(H,19,22). The van der Waals surface area contributed by atoms with Crippen LogP contribution < -0.4 is 5.69 Å². The van der Waals surface area contributed by atoms with Crippen molar-refractivity contribution < 1.29 is 9.53 Å². The van der Waals surface area contributed by atoms with Crippen LogP contribution in [0.15, 0.2) is 52.0 Å². The van der Waals surface area contributed by atoms with Crippen LogP contribution in [0.2, 0.25) is 0 Å². The molecule has 2 aromatic heterocycles. The van der Waals surface area contributed by atoms with Crippen molar-refractivity contribution in [2.45, 2.75) is 13.0 Å². The molecule has 3 aromatic rings. The predicted molar refractivity (Wildman–Crippen MR) is 89.4 cm³/mol. The van der Waals surface area contributed by atoms with Gasteiger partial charge >= 0.3 is 11.7 Å². The minimum Gasteiger partial charge on any atom is -0.462 e. The molecule has 0 atom stereocenters. The molecule has 0 saturated heterocycles. The van der Waals surface area contributed by atoms with Crippen LogP contribution in [0.3, 0.4) is 0 Å². The van der Waals surface area contributed by atoms with Crippen LogP contribution in [-0.2, 0) is 11.3 Å². The van der Waals surface area contributed by atoms with Crippen LogP contribution in [0.4, 0.5) is 0 Å². The number of nitrogens with zero attached hydrogens (tertiary/aromatic N) is 2. The summed E-state index contributed by atoms with van der Waals surface area (Å²) in [6, 6.07) is 9.14. The monoisotopic (exact) mass is 375 g/mol. The molecule has 0 spiro atoms. The minimum atomic E-state index is -0.426. The molecule has 0 bridgehead atoms. The molecule has 0 unspecified atom stereocenters. The van der Waals surface area contributed by atoms with Crippen LogP contribution >= 0.6 is 15.9 Å². The molecule has 2 heterocycles. The zero-order valence-corrected chi connectivity index (χ0v) is 13.7. The number of fused-ring (bicyclic) bond motifs is 1. The van der Waals surface area contributed by atoms with Crippen LogP contribution in [-0.4, -0.2) is 27.1 Å². The van der Waals surface area contributed by atoms with E-state index in [9.17, 15) is 9.59 Å². The van der Waals surface area contributed by atoms with Crippen molar-refractivity contribution in [2.75, 3.05) is 6.61 Å². The molecule has 0 fully saturated rings. The summed E-state index contributed by atoms with van der Waals surface area (Å²) in [4.78, 5) is 30.5. The van der Waals surface area contributed by atoms with Gasteiger partial charge in [0.25, 0.3) is 0 Å². The summed E-state index contributed by atoms with van der Waals surface area (Å²) in [6.07, 6.45) is 3.60. The van der Waals surface area contributed by atoms with Crippen molar-refractivity contribution in [2.24, 2.45) is 0 Å². The van der Waals surface area contributed by atoms with Gasteiger partial charge in [-0.25, -0.2) is 9.59 Å². The maximum atomic E-state index is 11.9. The van der Waals surface area contributed by atoms with Gasteiger partial charge in [-0.05, 0) is 40.5 Å². The van der Waals surface area contributed by atoms with E-state index >= 15 is 0 Å². The lowest BCUT2D eigenvalue weighted by Crippen LogP contribution is -2.18. The van der Waals surface area contributed by atoms with Crippen molar-refractivity contribution in [1.82, 2.24) is 14.5 Å². The number of ether oxygens (including phenoxy) is 1. The Hall–Kier alpha value is -2.41. The molecule has 0 aliphatic rings. The average Bonchev–Trinajstić information content (AvgIpc) is 2.87. The van der Waals surface area contributed by atoms with Crippen molar-refractivity contribution >= 4 is 32.9 Å².